The molecule has 3 aromatic rings. The number of nitrogens with zero attached hydrogens (tertiary/aromatic N) is 3. The van der Waals surface area contributed by atoms with E-state index in [0.29, 0.717) is 39.3 Å². The molecule has 35 heavy (non-hydrogen) atoms. The molecule has 0 N–H and O–H groups in total. The highest BCUT2D eigenvalue weighted by atomic mass is 16.7. The van der Waals surface area contributed by atoms with Gasteiger partial charge in [0.15, 0.2) is 11.5 Å². The van der Waals surface area contributed by atoms with Crippen LogP contribution in [0.3, 0.4) is 0 Å². The van der Waals surface area contributed by atoms with Crippen LogP contribution in [0.5, 0.6) is 17.2 Å². The number of pyridine rings is 1. The van der Waals surface area contributed by atoms with Crippen LogP contribution in [0.15, 0.2) is 67.0 Å². The Bertz CT molecular complexity index is 1140. The van der Waals surface area contributed by atoms with Crippen molar-refractivity contribution in [3.8, 4) is 17.2 Å². The molecule has 2 aliphatic rings. The Morgan fingerprint density at radius 2 is 1.89 bits per heavy atom. The second-order valence-corrected chi connectivity index (χ2v) is 8.74. The largest absolute Gasteiger partial charge is 0.497 e. The van der Waals surface area contributed by atoms with E-state index >= 15 is 0 Å². The summed E-state index contributed by atoms with van der Waals surface area (Å²) >= 11 is 0. The number of carbonyl (C=O) groups excluding carboxylic acids is 1. The van der Waals surface area contributed by atoms with Crippen molar-refractivity contribution in [3.05, 3.63) is 83.7 Å². The minimum atomic E-state index is -0.158. The first kappa shape index (κ1) is 23.1. The molecule has 1 fully saturated rings. The minimum Gasteiger partial charge on any atom is -0.497 e. The highest BCUT2D eigenvalue weighted by Gasteiger charge is 2.30. The van der Waals surface area contributed by atoms with Gasteiger partial charge in [0, 0.05) is 44.1 Å². The molecule has 1 aromatic heterocycles. The lowest BCUT2D eigenvalue weighted by Crippen LogP contribution is -2.37. The molecule has 0 bridgehead atoms. The van der Waals surface area contributed by atoms with Crippen LogP contribution in [0.1, 0.15) is 16.7 Å². The van der Waals surface area contributed by atoms with E-state index in [1.54, 1.807) is 19.5 Å². The zero-order valence-corrected chi connectivity index (χ0v) is 19.8. The summed E-state index contributed by atoms with van der Waals surface area (Å²) in [5.74, 6) is 2.36. The van der Waals surface area contributed by atoms with Gasteiger partial charge in [0.2, 0.25) is 12.7 Å². The summed E-state index contributed by atoms with van der Waals surface area (Å²) in [6.45, 7) is 3.17. The summed E-state index contributed by atoms with van der Waals surface area (Å²) in [6.07, 6.45) is 3.39. The average molecular weight is 476 g/mol. The Kier molecular flexibility index (Phi) is 7.11. The number of aromatic nitrogens is 1. The summed E-state index contributed by atoms with van der Waals surface area (Å²) in [7, 11) is 1.64. The molecule has 1 unspecified atom stereocenters. The van der Waals surface area contributed by atoms with Crippen LogP contribution in [0.25, 0.3) is 0 Å². The van der Waals surface area contributed by atoms with Crippen molar-refractivity contribution < 1.29 is 23.7 Å². The van der Waals surface area contributed by atoms with Crippen molar-refractivity contribution in [3.63, 3.8) is 0 Å². The van der Waals surface area contributed by atoms with Crippen LogP contribution in [0, 0.1) is 0 Å². The topological polar surface area (TPSA) is 73.4 Å². The zero-order valence-electron chi connectivity index (χ0n) is 19.8. The molecule has 0 radical (unpaired) electrons. The molecule has 1 amide bonds. The van der Waals surface area contributed by atoms with Gasteiger partial charge in [-0.15, -0.1) is 0 Å². The number of benzene rings is 2. The Labute approximate surface area is 205 Å². The van der Waals surface area contributed by atoms with Crippen molar-refractivity contribution in [2.45, 2.75) is 25.8 Å². The summed E-state index contributed by atoms with van der Waals surface area (Å²) in [4.78, 5) is 21.5. The number of hydrogen-bond acceptors (Lipinski definition) is 7. The van der Waals surface area contributed by atoms with Crippen LogP contribution < -0.4 is 14.2 Å². The van der Waals surface area contributed by atoms with Crippen molar-refractivity contribution in [1.29, 1.82) is 0 Å². The van der Waals surface area contributed by atoms with Gasteiger partial charge in [0.1, 0.15) is 5.75 Å². The van der Waals surface area contributed by atoms with E-state index in [4.69, 9.17) is 18.9 Å². The van der Waals surface area contributed by atoms with Crippen molar-refractivity contribution in [1.82, 2.24) is 14.8 Å². The van der Waals surface area contributed by atoms with Crippen molar-refractivity contribution in [2.24, 2.45) is 0 Å². The molecule has 1 saturated heterocycles. The Morgan fingerprint density at radius 1 is 1.00 bits per heavy atom. The predicted molar refractivity (Wildman–Crippen MR) is 129 cm³/mol. The Balaban J connectivity index is 1.33. The van der Waals surface area contributed by atoms with E-state index in [2.05, 4.69) is 9.88 Å². The van der Waals surface area contributed by atoms with Gasteiger partial charge in [0.05, 0.1) is 26.4 Å². The molecule has 8 nitrogen and oxygen atoms in total. The molecule has 5 rings (SSSR count). The Morgan fingerprint density at radius 3 is 2.69 bits per heavy atom. The van der Waals surface area contributed by atoms with E-state index in [0.717, 1.165) is 33.9 Å². The van der Waals surface area contributed by atoms with Gasteiger partial charge in [-0.2, -0.15) is 0 Å². The lowest BCUT2D eigenvalue weighted by Gasteiger charge is -2.25. The van der Waals surface area contributed by atoms with Gasteiger partial charge in [-0.05, 0) is 35.4 Å². The second kappa shape index (κ2) is 10.8. The maximum Gasteiger partial charge on any atom is 0.237 e. The lowest BCUT2D eigenvalue weighted by atomic mass is 10.1. The molecule has 2 aromatic carbocycles. The fourth-order valence-electron chi connectivity index (χ4n) is 4.43. The molecule has 8 heteroatoms. The number of carbonyl (C=O) groups is 1. The van der Waals surface area contributed by atoms with Gasteiger partial charge in [-0.25, -0.2) is 0 Å². The molecule has 0 aliphatic carbocycles. The SMILES string of the molecule is COc1ccc(CN2CC(OCc3cccnc3)CN(Cc3cccc4c3OCO4)CC2=O)cc1. The quantitative estimate of drug-likeness (QED) is 0.495. The number of ether oxygens (including phenoxy) is 4. The number of hydrogen-bond donors (Lipinski definition) is 0. The lowest BCUT2D eigenvalue weighted by molar-refractivity contribution is -0.132. The summed E-state index contributed by atoms with van der Waals surface area (Å²) < 4.78 is 22.8. The second-order valence-electron chi connectivity index (χ2n) is 8.74. The molecule has 3 heterocycles. The van der Waals surface area contributed by atoms with Gasteiger partial charge in [-0.3, -0.25) is 14.7 Å². The highest BCUT2D eigenvalue weighted by molar-refractivity contribution is 5.78. The van der Waals surface area contributed by atoms with Gasteiger partial charge < -0.3 is 23.8 Å². The summed E-state index contributed by atoms with van der Waals surface area (Å²) in [5, 5.41) is 0. The summed E-state index contributed by atoms with van der Waals surface area (Å²) in [6, 6.07) is 17.6. The zero-order chi connectivity index (χ0) is 24.0. The van der Waals surface area contributed by atoms with Crippen LogP contribution >= 0.6 is 0 Å². The molecule has 1 atom stereocenters. The maximum absolute atomic E-state index is 13.3. The number of para-hydroxylation sites is 1. The van der Waals surface area contributed by atoms with Crippen LogP contribution in [-0.2, 0) is 29.2 Å². The standard InChI is InChI=1S/C27H29N3O5/c1-32-23-9-7-20(8-10-23)13-30-16-24(33-18-21-4-3-11-28-12-21)15-29(17-26(30)31)14-22-5-2-6-25-27(22)35-19-34-25/h2-12,24H,13-19H2,1H3. The minimum absolute atomic E-state index is 0.0676. The monoisotopic (exact) mass is 475 g/mol. The predicted octanol–water partition coefficient (Wildman–Crippen LogP) is 3.25. The van der Waals surface area contributed by atoms with Crippen molar-refractivity contribution >= 4 is 5.91 Å². The van der Waals surface area contributed by atoms with Gasteiger partial charge in [0.25, 0.3) is 0 Å². The molecule has 0 saturated carbocycles. The van der Waals surface area contributed by atoms with Crippen LogP contribution in [0.2, 0.25) is 0 Å². The fraction of sp³-hybridized carbons (Fsp3) is 0.333. The smallest absolute Gasteiger partial charge is 0.237 e. The highest BCUT2D eigenvalue weighted by Crippen LogP contribution is 2.36. The summed E-state index contributed by atoms with van der Waals surface area (Å²) in [5.41, 5.74) is 3.05. The van der Waals surface area contributed by atoms with Crippen molar-refractivity contribution in [2.75, 3.05) is 33.5 Å². The van der Waals surface area contributed by atoms with E-state index in [1.807, 2.05) is 59.5 Å². The first-order valence-corrected chi connectivity index (χ1v) is 11.7. The van der Waals surface area contributed by atoms with E-state index in [1.165, 1.54) is 0 Å². The first-order chi connectivity index (χ1) is 17.2. The Hall–Kier alpha value is -3.62. The van der Waals surface area contributed by atoms with Crippen LogP contribution in [0.4, 0.5) is 0 Å². The third kappa shape index (κ3) is 5.72. The fourth-order valence-corrected chi connectivity index (χ4v) is 4.43. The third-order valence-electron chi connectivity index (χ3n) is 6.21. The number of fused-ring (bicyclic) bond motifs is 1. The van der Waals surface area contributed by atoms with Gasteiger partial charge >= 0.3 is 0 Å². The maximum atomic E-state index is 13.3. The third-order valence-corrected chi connectivity index (χ3v) is 6.21. The normalized spacial score (nSPS) is 17.9. The number of amides is 1. The number of methoxy groups -OCH3 is 1. The first-order valence-electron chi connectivity index (χ1n) is 11.7. The van der Waals surface area contributed by atoms with E-state index in [9.17, 15) is 4.79 Å². The molecular weight excluding hydrogens is 446 g/mol. The van der Waals surface area contributed by atoms with E-state index in [-0.39, 0.29) is 18.8 Å². The van der Waals surface area contributed by atoms with Crippen LogP contribution in [-0.4, -0.2) is 60.3 Å². The molecule has 182 valence electrons. The molecular formula is C27H29N3O5. The molecule has 0 spiro atoms. The number of rotatable bonds is 8. The molecule has 2 aliphatic heterocycles. The average Bonchev–Trinajstić information content (AvgIpc) is 3.32. The van der Waals surface area contributed by atoms with E-state index < -0.39 is 0 Å². The van der Waals surface area contributed by atoms with Gasteiger partial charge in [-0.1, -0.05) is 30.3 Å².